The molecule has 0 unspecified atom stereocenters. The molecule has 4 aliphatic heterocycles. The maximum Gasteiger partial charge on any atom is 0.282 e. The van der Waals surface area contributed by atoms with E-state index in [4.69, 9.17) is 10.5 Å². The zero-order valence-corrected chi connectivity index (χ0v) is 30.8. The summed E-state index contributed by atoms with van der Waals surface area (Å²) in [5.41, 5.74) is 6.41. The van der Waals surface area contributed by atoms with Gasteiger partial charge in [-0.05, 0) is 97.0 Å². The Bertz CT molecular complexity index is 1560. The van der Waals surface area contributed by atoms with E-state index >= 15 is 0 Å². The molecule has 49 heavy (non-hydrogen) atoms. The average molecular weight is 723 g/mol. The molecule has 272 valence electrons. The number of nitrogens with two attached hydrogens (primary N) is 1. The van der Waals surface area contributed by atoms with Crippen molar-refractivity contribution >= 4 is 34.3 Å². The minimum Gasteiger partial charge on any atom is -0.451 e. The highest BCUT2D eigenvalue weighted by atomic mass is 35.5. The van der Waals surface area contributed by atoms with Gasteiger partial charge in [-0.15, -0.1) is 12.4 Å². The van der Waals surface area contributed by atoms with Crippen LogP contribution in [0.4, 0.5) is 10.2 Å². The maximum atomic E-state index is 14.4. The lowest BCUT2D eigenvalue weighted by molar-refractivity contribution is 0.0640. The van der Waals surface area contributed by atoms with Crippen LogP contribution in [0.3, 0.4) is 0 Å². The Morgan fingerprint density at radius 3 is 2.41 bits per heavy atom. The number of rotatable bonds is 10. The SMILES string of the molecule is CC(C)N(C(=O)c1cc(F)ccc1Oc1cncnc1N1CC2(CCN(C[C@H]3CCN(S(=O)(=O)N4CCC[C@@H](N)C4)C3)CC2)C1)C(C)C.Cl. The fourth-order valence-corrected chi connectivity index (χ4v) is 9.81. The normalized spacial score (nSPS) is 23.5. The highest BCUT2D eigenvalue weighted by molar-refractivity contribution is 7.86. The van der Waals surface area contributed by atoms with Crippen LogP contribution in [0.1, 0.15) is 70.2 Å². The lowest BCUT2D eigenvalue weighted by Crippen LogP contribution is -2.61. The fraction of sp³-hybridized carbons (Fsp3) is 0.676. The van der Waals surface area contributed by atoms with Crippen LogP contribution >= 0.6 is 12.4 Å². The molecule has 0 saturated carbocycles. The second kappa shape index (κ2) is 15.3. The number of amides is 1. The molecule has 6 rings (SSSR count). The van der Waals surface area contributed by atoms with Crippen molar-refractivity contribution in [2.24, 2.45) is 17.1 Å². The summed E-state index contributed by atoms with van der Waals surface area (Å²) in [7, 11) is -3.45. The summed E-state index contributed by atoms with van der Waals surface area (Å²) in [6.07, 6.45) is 7.80. The van der Waals surface area contributed by atoms with Gasteiger partial charge in [0, 0.05) is 69.4 Å². The Morgan fingerprint density at radius 2 is 1.73 bits per heavy atom. The third-order valence-corrected chi connectivity index (χ3v) is 12.5. The van der Waals surface area contributed by atoms with Crippen molar-refractivity contribution in [2.75, 3.05) is 63.8 Å². The second-order valence-electron chi connectivity index (χ2n) is 14.8. The Balaban J connectivity index is 0.00000468. The van der Waals surface area contributed by atoms with Crippen molar-refractivity contribution in [3.05, 3.63) is 42.1 Å². The Morgan fingerprint density at radius 1 is 1.04 bits per heavy atom. The van der Waals surface area contributed by atoms with E-state index in [0.29, 0.717) is 43.7 Å². The molecule has 4 aliphatic rings. The first-order valence-electron chi connectivity index (χ1n) is 17.4. The van der Waals surface area contributed by atoms with Crippen LogP contribution in [0.15, 0.2) is 30.7 Å². The van der Waals surface area contributed by atoms with Gasteiger partial charge in [0.05, 0.1) is 11.8 Å². The molecule has 2 atom stereocenters. The summed E-state index contributed by atoms with van der Waals surface area (Å²) in [6, 6.07) is 3.81. The molecule has 1 aromatic carbocycles. The van der Waals surface area contributed by atoms with Crippen molar-refractivity contribution in [1.82, 2.24) is 28.4 Å². The van der Waals surface area contributed by atoms with E-state index in [2.05, 4.69) is 19.8 Å². The topological polar surface area (TPSA) is 128 Å². The van der Waals surface area contributed by atoms with E-state index in [0.717, 1.165) is 64.8 Å². The molecule has 15 heteroatoms. The smallest absolute Gasteiger partial charge is 0.282 e. The third-order valence-electron chi connectivity index (χ3n) is 10.5. The largest absolute Gasteiger partial charge is 0.451 e. The monoisotopic (exact) mass is 722 g/mol. The Labute approximate surface area is 296 Å². The van der Waals surface area contributed by atoms with Crippen LogP contribution in [-0.4, -0.2) is 120 Å². The molecule has 1 aromatic heterocycles. The molecule has 0 radical (unpaired) electrons. The van der Waals surface area contributed by atoms with E-state index in [9.17, 15) is 17.6 Å². The highest BCUT2D eigenvalue weighted by Gasteiger charge is 2.47. The molecule has 2 aromatic rings. The number of likely N-dealkylation sites (tertiary alicyclic amines) is 1. The van der Waals surface area contributed by atoms with Gasteiger partial charge in [-0.3, -0.25) is 4.79 Å². The van der Waals surface area contributed by atoms with E-state index in [1.165, 1.54) is 24.5 Å². The van der Waals surface area contributed by atoms with Crippen LogP contribution < -0.4 is 15.4 Å². The van der Waals surface area contributed by atoms with Crippen LogP contribution in [-0.2, 0) is 10.2 Å². The van der Waals surface area contributed by atoms with E-state index in [1.807, 2.05) is 27.7 Å². The molecule has 0 aliphatic carbocycles. The number of halogens is 2. The number of carbonyl (C=O) groups excluding carboxylic acids is 1. The highest BCUT2D eigenvalue weighted by Crippen LogP contribution is 2.45. The summed E-state index contributed by atoms with van der Waals surface area (Å²) < 4.78 is 50.4. The quantitative estimate of drug-likeness (QED) is 0.388. The van der Waals surface area contributed by atoms with Gasteiger partial charge >= 0.3 is 0 Å². The number of aromatic nitrogens is 2. The predicted octanol–water partition coefficient (Wildman–Crippen LogP) is 3.98. The number of ether oxygens (including phenoxy) is 1. The Hall–Kier alpha value is -2.62. The zero-order valence-electron chi connectivity index (χ0n) is 29.1. The molecule has 0 bridgehead atoms. The lowest BCUT2D eigenvalue weighted by atomic mass is 9.72. The second-order valence-corrected chi connectivity index (χ2v) is 16.7. The molecule has 4 saturated heterocycles. The molecular formula is C34H52ClFN8O4S. The number of hydrogen-bond donors (Lipinski definition) is 1. The molecule has 1 spiro atoms. The van der Waals surface area contributed by atoms with E-state index in [1.54, 1.807) is 19.7 Å². The minimum absolute atomic E-state index is 0. The number of anilines is 1. The minimum atomic E-state index is -3.45. The molecule has 5 heterocycles. The Kier molecular flexibility index (Phi) is 11.8. The summed E-state index contributed by atoms with van der Waals surface area (Å²) in [5, 5.41) is 0. The maximum absolute atomic E-state index is 14.4. The predicted molar refractivity (Wildman–Crippen MR) is 190 cm³/mol. The van der Waals surface area contributed by atoms with Crippen LogP contribution in [0.5, 0.6) is 11.5 Å². The fourth-order valence-electron chi connectivity index (χ4n) is 8.01. The van der Waals surface area contributed by atoms with Gasteiger partial charge in [0.25, 0.3) is 16.1 Å². The summed E-state index contributed by atoms with van der Waals surface area (Å²) in [6.45, 7) is 14.4. The van der Waals surface area contributed by atoms with Gasteiger partial charge in [0.2, 0.25) is 0 Å². The van der Waals surface area contributed by atoms with Gasteiger partial charge in [-0.1, -0.05) is 0 Å². The van der Waals surface area contributed by atoms with Crippen molar-refractivity contribution in [2.45, 2.75) is 77.9 Å². The summed E-state index contributed by atoms with van der Waals surface area (Å²) in [4.78, 5) is 28.7. The van der Waals surface area contributed by atoms with Crippen molar-refractivity contribution in [3.8, 4) is 11.5 Å². The summed E-state index contributed by atoms with van der Waals surface area (Å²) in [5.74, 6) is 0.899. The van der Waals surface area contributed by atoms with Gasteiger partial charge in [-0.25, -0.2) is 14.4 Å². The van der Waals surface area contributed by atoms with Crippen molar-refractivity contribution < 1.29 is 22.3 Å². The van der Waals surface area contributed by atoms with Crippen LogP contribution in [0.2, 0.25) is 0 Å². The number of hydrogen-bond acceptors (Lipinski definition) is 9. The molecule has 1 amide bonds. The first kappa shape index (κ1) is 37.6. The number of carbonyl (C=O) groups is 1. The average Bonchev–Trinajstić information content (AvgIpc) is 3.51. The van der Waals surface area contributed by atoms with Gasteiger partial charge in [0.15, 0.2) is 11.6 Å². The standard InChI is InChI=1S/C34H51FN8O4S.ClH/c1-24(2)43(25(3)4)33(44)29-16-27(35)7-8-30(29)47-31-17-37-23-38-32(31)40-21-34(22-40)10-14-39(15-11-34)18-26-9-13-42(19-26)48(45,46)41-12-5-6-28(36)20-41;/h7-8,16-17,23-26,28H,5-6,9-15,18-22,36H2,1-4H3;1H/t26-,28-;/m1./s1. The number of benzene rings is 1. The third kappa shape index (κ3) is 8.15. The first-order chi connectivity index (χ1) is 22.8. The molecule has 12 nitrogen and oxygen atoms in total. The van der Waals surface area contributed by atoms with Crippen molar-refractivity contribution in [1.29, 1.82) is 0 Å². The van der Waals surface area contributed by atoms with Crippen LogP contribution in [0.25, 0.3) is 0 Å². The zero-order chi connectivity index (χ0) is 34.2. The van der Waals surface area contributed by atoms with Crippen LogP contribution in [0, 0.1) is 17.2 Å². The number of nitrogens with zero attached hydrogens (tertiary/aromatic N) is 7. The molecule has 4 fully saturated rings. The first-order valence-corrected chi connectivity index (χ1v) is 18.8. The van der Waals surface area contributed by atoms with Gasteiger partial charge in [0.1, 0.15) is 17.9 Å². The van der Waals surface area contributed by atoms with Gasteiger partial charge in [-0.2, -0.15) is 17.0 Å². The number of piperidine rings is 2. The van der Waals surface area contributed by atoms with E-state index < -0.39 is 16.0 Å². The van der Waals surface area contributed by atoms with E-state index in [-0.39, 0.29) is 53.2 Å². The van der Waals surface area contributed by atoms with Crippen molar-refractivity contribution in [3.63, 3.8) is 0 Å². The lowest BCUT2D eigenvalue weighted by Gasteiger charge is -2.54. The molecule has 2 N–H and O–H groups in total. The summed E-state index contributed by atoms with van der Waals surface area (Å²) >= 11 is 0. The molecular weight excluding hydrogens is 671 g/mol. The van der Waals surface area contributed by atoms with Gasteiger partial charge < -0.3 is 25.2 Å².